The maximum atomic E-state index is 13.8. The summed E-state index contributed by atoms with van der Waals surface area (Å²) in [6.07, 6.45) is -2.38. The summed E-state index contributed by atoms with van der Waals surface area (Å²) in [5.74, 6) is -4.01. The molecule has 1 fully saturated rings. The van der Waals surface area contributed by atoms with Gasteiger partial charge < -0.3 is 0 Å². The zero-order chi connectivity index (χ0) is 13.4. The molecule has 3 nitrogen and oxygen atoms in total. The first kappa shape index (κ1) is 17.0. The second kappa shape index (κ2) is 6.15. The van der Waals surface area contributed by atoms with Crippen LogP contribution in [0.5, 0.6) is 0 Å². The van der Waals surface area contributed by atoms with E-state index >= 15 is 0 Å². The van der Waals surface area contributed by atoms with Crippen molar-refractivity contribution in [1.29, 1.82) is 5.41 Å². The fraction of sp³-hybridized carbons (Fsp3) is 0.857. The summed E-state index contributed by atoms with van der Waals surface area (Å²) < 4.78 is 34.7. The molecule has 17 heavy (non-hydrogen) atoms. The third-order valence-electron chi connectivity index (χ3n) is 2.02. The Kier molecular flexibility index (Phi) is 6.16. The quantitative estimate of drug-likeness (QED) is 0.271. The van der Waals surface area contributed by atoms with E-state index in [1.807, 2.05) is 0 Å². The Morgan fingerprint density at radius 3 is 2.35 bits per heavy atom. The van der Waals surface area contributed by atoms with Crippen LogP contribution >= 0.6 is 34.8 Å². The van der Waals surface area contributed by atoms with Gasteiger partial charge in [-0.25, -0.2) is 0 Å². The van der Waals surface area contributed by atoms with Gasteiger partial charge in [0, 0.05) is 0 Å². The number of rotatable bonds is 2. The third kappa shape index (κ3) is 3.96. The molecule has 3 atom stereocenters. The molecule has 1 saturated heterocycles. The van der Waals surface area contributed by atoms with Gasteiger partial charge in [0.1, 0.15) is 0 Å². The zero-order valence-electron chi connectivity index (χ0n) is 8.04. The van der Waals surface area contributed by atoms with Crippen molar-refractivity contribution in [2.75, 3.05) is 0 Å². The van der Waals surface area contributed by atoms with Gasteiger partial charge in [-0.1, -0.05) is 0 Å². The monoisotopic (exact) mass is 699 g/mol. The summed E-state index contributed by atoms with van der Waals surface area (Å²) >= 11 is 17.5. The van der Waals surface area contributed by atoms with Gasteiger partial charge in [-0.3, -0.25) is 0 Å². The van der Waals surface area contributed by atoms with E-state index in [4.69, 9.17) is 44.9 Å². The van der Waals surface area contributed by atoms with Crippen molar-refractivity contribution >= 4 is 90.8 Å². The van der Waals surface area contributed by atoms with Gasteiger partial charge in [0.2, 0.25) is 0 Å². The van der Waals surface area contributed by atoms with Crippen molar-refractivity contribution in [2.24, 2.45) is 0 Å². The topological polar surface area (TPSA) is 42.3 Å². The fourth-order valence-electron chi connectivity index (χ4n) is 1.13. The predicted molar refractivity (Wildman–Crippen MR) is 65.6 cm³/mol. The molecule has 0 aliphatic carbocycles. The molecule has 0 bridgehead atoms. The molecule has 1 rings (SSSR count). The van der Waals surface area contributed by atoms with Gasteiger partial charge >= 0.3 is 144 Å². The van der Waals surface area contributed by atoms with Crippen LogP contribution in [0.25, 0.3) is 0 Å². The first-order valence-corrected chi connectivity index (χ1v) is 9.85. The van der Waals surface area contributed by atoms with E-state index < -0.39 is 31.6 Å². The molecular weight excluding hydrogens is 692 g/mol. The molecule has 1 N–H and O–H groups in total. The Hall–Kier alpha value is 1.95. The second-order valence-electron chi connectivity index (χ2n) is 3.25. The Bertz CT molecular complexity index is 316. The van der Waals surface area contributed by atoms with Crippen molar-refractivity contribution in [2.45, 2.75) is 29.8 Å². The molecule has 0 spiro atoms. The first-order chi connectivity index (χ1) is 7.60. The molecule has 0 amide bonds. The normalized spacial score (nSPS) is 32.5. The van der Waals surface area contributed by atoms with Gasteiger partial charge in [0.15, 0.2) is 0 Å². The molecule has 0 radical (unpaired) electrons. The van der Waals surface area contributed by atoms with Crippen LogP contribution in [0, 0.1) is 5.41 Å². The van der Waals surface area contributed by atoms with E-state index in [1.165, 1.54) is 0 Å². The summed E-state index contributed by atoms with van der Waals surface area (Å²) in [4.78, 5) is 0. The minimum absolute atomic E-state index is 0.495. The molecule has 3 unspecified atom stereocenters. The number of alkyl halides is 5. The molecule has 10 heteroatoms. The fourth-order valence-corrected chi connectivity index (χ4v) is 6.34. The maximum absolute atomic E-state index is 13.8. The summed E-state index contributed by atoms with van der Waals surface area (Å²) in [7, 11) is 0. The van der Waals surface area contributed by atoms with Gasteiger partial charge in [-0.2, -0.15) is 0 Å². The van der Waals surface area contributed by atoms with Crippen LogP contribution in [-0.4, -0.2) is 78.1 Å². The van der Waals surface area contributed by atoms with Crippen LogP contribution in [0.15, 0.2) is 0 Å². The van der Waals surface area contributed by atoms with Crippen LogP contribution in [0.3, 0.4) is 0 Å². The molecule has 0 aromatic rings. The molecule has 1 aliphatic heterocycles. The third-order valence-corrected chi connectivity index (χ3v) is 6.57. The minimum atomic E-state index is -3.15. The molecule has 0 aromatic heterocycles. The molecule has 1 heterocycles. The van der Waals surface area contributed by atoms with Crippen LogP contribution in [0.4, 0.5) is 8.78 Å². The van der Waals surface area contributed by atoms with Gasteiger partial charge in [-0.05, 0) is 0 Å². The van der Waals surface area contributed by atoms with Crippen molar-refractivity contribution in [1.82, 2.24) is 0 Å². The number of halogens is 5. The SMILES string of the molecule is N=C(OC1OC([CH2][PoH])[CH]([PoH])C1(F)F)C(Cl)(Cl)Cl. The van der Waals surface area contributed by atoms with Crippen LogP contribution in [0.2, 0.25) is 7.66 Å². The van der Waals surface area contributed by atoms with E-state index in [9.17, 15) is 8.78 Å². The van der Waals surface area contributed by atoms with E-state index in [0.29, 0.717) is 29.1 Å². The number of ether oxygens (including phenoxy) is 2. The van der Waals surface area contributed by atoms with Crippen LogP contribution in [-0.2, 0) is 9.47 Å². The van der Waals surface area contributed by atoms with E-state index in [-0.39, 0.29) is 0 Å². The standard InChI is InChI=1S/C7H6Cl3F2NO2.2Po.2H/c1-3-2-6(11,12)5(14-3)15-4(13)7(8,9)10;;;;/h2-3,5,13H,1H2;;;;. The Morgan fingerprint density at radius 1 is 1.47 bits per heavy atom. The zero-order valence-corrected chi connectivity index (χ0v) is 17.3. The van der Waals surface area contributed by atoms with Gasteiger partial charge in [0.05, 0.1) is 0 Å². The van der Waals surface area contributed by atoms with Crippen LogP contribution in [0.1, 0.15) is 0 Å². The van der Waals surface area contributed by atoms with Crippen molar-refractivity contribution in [3.8, 4) is 0 Å². The first-order valence-electron chi connectivity index (χ1n) is 4.25. The van der Waals surface area contributed by atoms with Crippen LogP contribution < -0.4 is 0 Å². The average molecular weight is 701 g/mol. The molecular formula is C7H8Cl3F2NO2Po2. The van der Waals surface area contributed by atoms with Crippen molar-refractivity contribution in [3.05, 3.63) is 0 Å². The predicted octanol–water partition coefficient (Wildman–Crippen LogP) is 1.72. The van der Waals surface area contributed by atoms with Gasteiger partial charge in [0.25, 0.3) is 0 Å². The summed E-state index contributed by atoms with van der Waals surface area (Å²) in [5, 5.41) is 7.26. The Balaban J connectivity index is 2.76. The van der Waals surface area contributed by atoms with Gasteiger partial charge in [-0.15, -0.1) is 0 Å². The summed E-state index contributed by atoms with van der Waals surface area (Å²) in [6, 6.07) is 0. The average Bonchev–Trinajstić information content (AvgIpc) is 2.40. The summed E-state index contributed by atoms with van der Waals surface area (Å²) in [5.41, 5.74) is 0. The molecule has 100 valence electrons. The molecule has 0 aromatic carbocycles. The molecule has 0 saturated carbocycles. The van der Waals surface area contributed by atoms with Crippen molar-refractivity contribution < 1.29 is 18.3 Å². The van der Waals surface area contributed by atoms with E-state index in [1.54, 1.807) is 0 Å². The van der Waals surface area contributed by atoms with E-state index in [0.717, 1.165) is 25.1 Å². The Labute approximate surface area is 143 Å². The van der Waals surface area contributed by atoms with E-state index in [2.05, 4.69) is 4.74 Å². The number of hydrogen-bond acceptors (Lipinski definition) is 3. The number of nitrogens with one attached hydrogen (secondary N) is 1. The van der Waals surface area contributed by atoms with Crippen molar-refractivity contribution in [3.63, 3.8) is 0 Å². The second-order valence-corrected chi connectivity index (χ2v) is 9.12. The number of hydrogen-bond donors (Lipinski definition) is 1. The summed E-state index contributed by atoms with van der Waals surface area (Å²) in [6.45, 7) is 0. The molecule has 1 aliphatic rings. The Morgan fingerprint density at radius 2 is 2.00 bits per heavy atom.